The van der Waals surface area contributed by atoms with E-state index in [9.17, 15) is 4.79 Å². The number of nitrogens with zero attached hydrogens (tertiary/aromatic N) is 5. The first kappa shape index (κ1) is 18.4. The summed E-state index contributed by atoms with van der Waals surface area (Å²) < 4.78 is 26.2. The quantitative estimate of drug-likeness (QED) is 0.791. The molecule has 1 amide bonds. The molecule has 2 aromatic heterocycles. The number of fused-ring (bicyclic) bond motifs is 1. The van der Waals surface area contributed by atoms with Gasteiger partial charge in [-0.25, -0.2) is 14.4 Å². The van der Waals surface area contributed by atoms with Crippen LogP contribution < -0.4 is 14.4 Å². The van der Waals surface area contributed by atoms with Gasteiger partial charge in [-0.1, -0.05) is 0 Å². The highest BCUT2D eigenvalue weighted by molar-refractivity contribution is 5.85. The number of carbonyl (C=O) groups excluding carboxylic acids is 1. The Balaban J connectivity index is 1.42. The summed E-state index contributed by atoms with van der Waals surface area (Å²) >= 11 is 0. The van der Waals surface area contributed by atoms with E-state index in [1.54, 1.807) is 38.0 Å². The Morgan fingerprint density at radius 3 is 2.68 bits per heavy atom. The van der Waals surface area contributed by atoms with Crippen LogP contribution in [0.1, 0.15) is 18.4 Å². The zero-order valence-electron chi connectivity index (χ0n) is 15.7. The topological polar surface area (TPSA) is 80.7 Å². The fraction of sp³-hybridized carbons (Fsp3) is 0.474. The van der Waals surface area contributed by atoms with Gasteiger partial charge >= 0.3 is 0 Å². The van der Waals surface area contributed by atoms with Crippen LogP contribution in [0.5, 0.6) is 11.5 Å². The van der Waals surface area contributed by atoms with E-state index in [1.165, 1.54) is 4.90 Å². The first-order valence-corrected chi connectivity index (χ1v) is 9.24. The second-order valence-corrected chi connectivity index (χ2v) is 6.93. The second kappa shape index (κ2) is 7.57. The van der Waals surface area contributed by atoms with Gasteiger partial charge in [-0.15, -0.1) is 0 Å². The van der Waals surface area contributed by atoms with Gasteiger partial charge < -0.3 is 19.3 Å². The molecular formula is C19H22FN5O3. The summed E-state index contributed by atoms with van der Waals surface area (Å²) in [5, 5.41) is 0. The molecule has 1 fully saturated rings. The molecule has 9 heteroatoms. The Morgan fingerprint density at radius 2 is 1.96 bits per heavy atom. The second-order valence-electron chi connectivity index (χ2n) is 6.93. The van der Waals surface area contributed by atoms with Gasteiger partial charge in [0.1, 0.15) is 12.4 Å². The van der Waals surface area contributed by atoms with Crippen molar-refractivity contribution in [3.05, 3.63) is 36.4 Å². The minimum atomic E-state index is -1.89. The number of rotatable bonds is 3. The van der Waals surface area contributed by atoms with E-state index in [1.807, 2.05) is 4.90 Å². The normalized spacial score (nSPS) is 18.6. The summed E-state index contributed by atoms with van der Waals surface area (Å²) in [6.07, 6.45) is 6.65. The van der Waals surface area contributed by atoms with Gasteiger partial charge in [-0.05, 0) is 6.07 Å². The molecule has 0 spiro atoms. The molecule has 0 aliphatic carbocycles. The van der Waals surface area contributed by atoms with Crippen molar-refractivity contribution in [2.24, 2.45) is 0 Å². The number of carbonyl (C=O) groups is 1. The maximum Gasteiger partial charge on any atom is 0.260 e. The lowest BCUT2D eigenvalue weighted by atomic mass is 9.91. The summed E-state index contributed by atoms with van der Waals surface area (Å²) in [7, 11) is 1.55. The van der Waals surface area contributed by atoms with E-state index in [4.69, 9.17) is 9.47 Å². The van der Waals surface area contributed by atoms with Crippen LogP contribution in [-0.4, -0.2) is 64.8 Å². The van der Waals surface area contributed by atoms with Crippen LogP contribution in [0.4, 0.5) is 10.3 Å². The fourth-order valence-electron chi connectivity index (χ4n) is 3.53. The number of pyridine rings is 1. The number of anilines is 1. The minimum absolute atomic E-state index is 0.0957. The molecule has 28 heavy (non-hydrogen) atoms. The number of methoxy groups -OCH3 is 1. The lowest BCUT2D eigenvalue weighted by Gasteiger charge is -2.37. The Kier molecular flexibility index (Phi) is 4.97. The van der Waals surface area contributed by atoms with Crippen molar-refractivity contribution in [3.63, 3.8) is 0 Å². The standard InChI is InChI=1S/C19H22FN5O3/c1-27-15-11-22-18(23-12-15)24-6-3-19(20,4-7-24)17(26)25-8-9-28-16-2-5-21-10-14(16)13-25/h2,5,10-12H,3-4,6-9,13H2,1H3. The molecule has 8 nitrogen and oxygen atoms in total. The molecule has 4 rings (SSSR count). The number of alkyl halides is 1. The number of ether oxygens (including phenoxy) is 2. The molecule has 0 N–H and O–H groups in total. The average molecular weight is 387 g/mol. The summed E-state index contributed by atoms with van der Waals surface area (Å²) in [6.45, 7) is 1.74. The molecule has 2 aromatic rings. The highest BCUT2D eigenvalue weighted by Gasteiger charge is 2.45. The van der Waals surface area contributed by atoms with Crippen molar-refractivity contribution < 1.29 is 18.7 Å². The van der Waals surface area contributed by atoms with E-state index in [0.717, 1.165) is 5.56 Å². The molecular weight excluding hydrogens is 365 g/mol. The van der Waals surface area contributed by atoms with Gasteiger partial charge in [0.15, 0.2) is 11.4 Å². The van der Waals surface area contributed by atoms with Crippen LogP contribution in [0.3, 0.4) is 0 Å². The number of piperidine rings is 1. The van der Waals surface area contributed by atoms with Gasteiger partial charge in [0, 0.05) is 43.9 Å². The molecule has 0 bridgehead atoms. The summed E-state index contributed by atoms with van der Waals surface area (Å²) in [6, 6.07) is 1.77. The predicted molar refractivity (Wildman–Crippen MR) is 99.0 cm³/mol. The molecule has 0 unspecified atom stereocenters. The number of hydrogen-bond donors (Lipinski definition) is 0. The van der Waals surface area contributed by atoms with Crippen LogP contribution in [0, 0.1) is 0 Å². The lowest BCUT2D eigenvalue weighted by molar-refractivity contribution is -0.146. The van der Waals surface area contributed by atoms with Crippen molar-refractivity contribution in [2.45, 2.75) is 25.1 Å². The Morgan fingerprint density at radius 1 is 1.21 bits per heavy atom. The monoisotopic (exact) mass is 387 g/mol. The van der Waals surface area contributed by atoms with Crippen LogP contribution in [0.2, 0.25) is 0 Å². The predicted octanol–water partition coefficient (Wildman–Crippen LogP) is 1.61. The smallest absolute Gasteiger partial charge is 0.260 e. The molecule has 1 saturated heterocycles. The minimum Gasteiger partial charge on any atom is -0.494 e. The maximum absolute atomic E-state index is 15.5. The zero-order chi connectivity index (χ0) is 19.6. The Labute approximate surface area is 162 Å². The van der Waals surface area contributed by atoms with Crippen LogP contribution >= 0.6 is 0 Å². The zero-order valence-corrected chi connectivity index (χ0v) is 15.7. The van der Waals surface area contributed by atoms with Gasteiger partial charge in [0.05, 0.1) is 32.6 Å². The summed E-state index contributed by atoms with van der Waals surface area (Å²) in [4.78, 5) is 29.0. The van der Waals surface area contributed by atoms with Crippen molar-refractivity contribution in [2.75, 3.05) is 38.3 Å². The van der Waals surface area contributed by atoms with Gasteiger partial charge in [0.2, 0.25) is 5.95 Å². The maximum atomic E-state index is 15.5. The van der Waals surface area contributed by atoms with E-state index < -0.39 is 11.6 Å². The van der Waals surface area contributed by atoms with E-state index >= 15 is 4.39 Å². The van der Waals surface area contributed by atoms with Gasteiger partial charge in [0.25, 0.3) is 5.91 Å². The molecule has 2 aliphatic heterocycles. The van der Waals surface area contributed by atoms with Gasteiger partial charge in [-0.3, -0.25) is 9.78 Å². The summed E-state index contributed by atoms with van der Waals surface area (Å²) in [5.74, 6) is 1.29. The average Bonchev–Trinajstić information content (AvgIpc) is 2.96. The van der Waals surface area contributed by atoms with Crippen LogP contribution in [-0.2, 0) is 11.3 Å². The van der Waals surface area contributed by atoms with E-state index in [-0.39, 0.29) is 12.8 Å². The molecule has 0 radical (unpaired) electrons. The van der Waals surface area contributed by atoms with E-state index in [2.05, 4.69) is 15.0 Å². The highest BCUT2D eigenvalue weighted by atomic mass is 19.1. The van der Waals surface area contributed by atoms with Gasteiger partial charge in [-0.2, -0.15) is 0 Å². The molecule has 2 aliphatic rings. The summed E-state index contributed by atoms with van der Waals surface area (Å²) in [5.41, 5.74) is -1.10. The third-order valence-corrected chi connectivity index (χ3v) is 5.20. The van der Waals surface area contributed by atoms with Crippen molar-refractivity contribution in [1.82, 2.24) is 19.9 Å². The van der Waals surface area contributed by atoms with Crippen molar-refractivity contribution >= 4 is 11.9 Å². The molecule has 0 aromatic carbocycles. The lowest BCUT2D eigenvalue weighted by Crippen LogP contribution is -2.53. The van der Waals surface area contributed by atoms with Crippen molar-refractivity contribution in [3.8, 4) is 11.5 Å². The Hall–Kier alpha value is -2.97. The molecule has 0 saturated carbocycles. The number of hydrogen-bond acceptors (Lipinski definition) is 7. The number of halogens is 1. The van der Waals surface area contributed by atoms with E-state index in [0.29, 0.717) is 50.2 Å². The fourth-order valence-corrected chi connectivity index (χ4v) is 3.53. The molecule has 4 heterocycles. The highest BCUT2D eigenvalue weighted by Crippen LogP contribution is 2.32. The van der Waals surface area contributed by atoms with Crippen molar-refractivity contribution in [1.29, 1.82) is 0 Å². The molecule has 148 valence electrons. The van der Waals surface area contributed by atoms with Crippen LogP contribution in [0.15, 0.2) is 30.9 Å². The number of amides is 1. The largest absolute Gasteiger partial charge is 0.494 e. The third kappa shape index (κ3) is 3.56. The molecule has 0 atom stereocenters. The number of aromatic nitrogens is 3. The third-order valence-electron chi connectivity index (χ3n) is 5.20. The first-order chi connectivity index (χ1) is 13.6. The first-order valence-electron chi connectivity index (χ1n) is 9.24. The van der Waals surface area contributed by atoms with Crippen LogP contribution in [0.25, 0.3) is 0 Å². The Bertz CT molecular complexity index is 840. The SMILES string of the molecule is COc1cnc(N2CCC(F)(C(=O)N3CCOc4ccncc4C3)CC2)nc1.